The van der Waals surface area contributed by atoms with Crippen LogP contribution in [0.15, 0.2) is 24.3 Å². The van der Waals surface area contributed by atoms with Crippen molar-refractivity contribution in [3.05, 3.63) is 35.4 Å². The Hall–Kier alpha value is -1.31. The van der Waals surface area contributed by atoms with Gasteiger partial charge in [0.2, 0.25) is 0 Å². The van der Waals surface area contributed by atoms with Crippen LogP contribution in [-0.2, 0) is 0 Å². The molecular formula is C14H24N2. The molecule has 0 radical (unpaired) electrons. The van der Waals surface area contributed by atoms with Crippen LogP contribution in [0, 0.1) is 12.3 Å². The summed E-state index contributed by atoms with van der Waals surface area (Å²) in [6, 6.07) is 8.10. The van der Waals surface area contributed by atoms with E-state index in [0.29, 0.717) is 5.84 Å². The molecule has 1 aromatic carbocycles. The van der Waals surface area contributed by atoms with Gasteiger partial charge in [-0.1, -0.05) is 50.6 Å². The van der Waals surface area contributed by atoms with Gasteiger partial charge in [-0.05, 0) is 13.3 Å². The molecule has 0 spiro atoms. The van der Waals surface area contributed by atoms with E-state index in [1.807, 2.05) is 50.1 Å². The summed E-state index contributed by atoms with van der Waals surface area (Å²) >= 11 is 0. The zero-order valence-corrected chi connectivity index (χ0v) is 11.2. The van der Waals surface area contributed by atoms with Gasteiger partial charge in [0.15, 0.2) is 0 Å². The number of rotatable bonds is 3. The lowest BCUT2D eigenvalue weighted by Crippen LogP contribution is -2.27. The van der Waals surface area contributed by atoms with Crippen LogP contribution < -0.4 is 0 Å². The number of amidine groups is 1. The Morgan fingerprint density at radius 3 is 2.12 bits per heavy atom. The predicted octanol–water partition coefficient (Wildman–Crippen LogP) is 3.69. The van der Waals surface area contributed by atoms with Gasteiger partial charge in [0.1, 0.15) is 5.84 Å². The van der Waals surface area contributed by atoms with Crippen molar-refractivity contribution in [1.29, 1.82) is 5.41 Å². The van der Waals surface area contributed by atoms with Crippen molar-refractivity contribution in [3.63, 3.8) is 0 Å². The molecule has 0 saturated heterocycles. The second-order valence-electron chi connectivity index (χ2n) is 3.64. The molecule has 0 unspecified atom stereocenters. The third kappa shape index (κ3) is 4.47. The maximum atomic E-state index is 7.94. The van der Waals surface area contributed by atoms with Crippen molar-refractivity contribution >= 4 is 5.84 Å². The lowest BCUT2D eigenvalue weighted by Gasteiger charge is -2.19. The highest BCUT2D eigenvalue weighted by molar-refractivity contribution is 5.96. The summed E-state index contributed by atoms with van der Waals surface area (Å²) in [7, 11) is 1.96. The number of aryl methyl sites for hydroxylation is 1. The summed E-state index contributed by atoms with van der Waals surface area (Å²) in [6.07, 6.45) is 1.07. The fraction of sp³-hybridized carbons (Fsp3) is 0.500. The van der Waals surface area contributed by atoms with Crippen molar-refractivity contribution in [1.82, 2.24) is 4.90 Å². The van der Waals surface area contributed by atoms with Crippen molar-refractivity contribution < 1.29 is 0 Å². The third-order valence-electron chi connectivity index (χ3n) is 2.27. The minimum Gasteiger partial charge on any atom is -0.360 e. The second kappa shape index (κ2) is 7.91. The molecule has 0 saturated carbocycles. The van der Waals surface area contributed by atoms with Gasteiger partial charge in [-0.3, -0.25) is 5.41 Å². The van der Waals surface area contributed by atoms with Crippen molar-refractivity contribution in [2.24, 2.45) is 0 Å². The first kappa shape index (κ1) is 14.7. The molecule has 0 amide bonds. The fourth-order valence-corrected chi connectivity index (χ4v) is 1.38. The standard InChI is InChI=1S/C12H18N2.C2H6/c1-4-9-14(3)12(13)11-7-5-10(2)6-8-11;1-2/h5-8,13H,4,9H2,1-3H3;1-2H3. The van der Waals surface area contributed by atoms with Gasteiger partial charge >= 0.3 is 0 Å². The van der Waals surface area contributed by atoms with Crippen LogP contribution in [0.2, 0.25) is 0 Å². The lowest BCUT2D eigenvalue weighted by molar-refractivity contribution is 0.499. The Morgan fingerprint density at radius 2 is 1.69 bits per heavy atom. The molecule has 0 atom stereocenters. The summed E-state index contributed by atoms with van der Waals surface area (Å²) in [5.41, 5.74) is 2.23. The highest BCUT2D eigenvalue weighted by Gasteiger charge is 2.05. The second-order valence-corrected chi connectivity index (χ2v) is 3.64. The number of hydrogen-bond donors (Lipinski definition) is 1. The van der Waals surface area contributed by atoms with Gasteiger partial charge in [0, 0.05) is 19.2 Å². The van der Waals surface area contributed by atoms with Crippen LogP contribution in [0.5, 0.6) is 0 Å². The molecular weight excluding hydrogens is 196 g/mol. The molecule has 90 valence electrons. The molecule has 0 fully saturated rings. The Balaban J connectivity index is 0.00000106. The molecule has 0 heterocycles. The van der Waals surface area contributed by atoms with Gasteiger partial charge in [-0.2, -0.15) is 0 Å². The Kier molecular flexibility index (Phi) is 7.27. The molecule has 0 aliphatic rings. The van der Waals surface area contributed by atoms with Crippen LogP contribution in [0.3, 0.4) is 0 Å². The number of nitrogens with zero attached hydrogens (tertiary/aromatic N) is 1. The van der Waals surface area contributed by atoms with Crippen LogP contribution >= 0.6 is 0 Å². The fourth-order valence-electron chi connectivity index (χ4n) is 1.38. The van der Waals surface area contributed by atoms with Crippen molar-refractivity contribution in [3.8, 4) is 0 Å². The third-order valence-corrected chi connectivity index (χ3v) is 2.27. The molecule has 0 aliphatic heterocycles. The molecule has 2 heteroatoms. The first-order valence-corrected chi connectivity index (χ1v) is 6.02. The first-order chi connectivity index (χ1) is 7.65. The molecule has 16 heavy (non-hydrogen) atoms. The maximum Gasteiger partial charge on any atom is 0.127 e. The Bertz CT molecular complexity index is 301. The van der Waals surface area contributed by atoms with Crippen LogP contribution in [0.4, 0.5) is 0 Å². The monoisotopic (exact) mass is 220 g/mol. The number of benzene rings is 1. The largest absolute Gasteiger partial charge is 0.360 e. The van der Waals surface area contributed by atoms with Crippen LogP contribution in [-0.4, -0.2) is 24.3 Å². The zero-order chi connectivity index (χ0) is 12.6. The average Bonchev–Trinajstić information content (AvgIpc) is 2.32. The van der Waals surface area contributed by atoms with Gasteiger partial charge in [-0.25, -0.2) is 0 Å². The summed E-state index contributed by atoms with van der Waals surface area (Å²) < 4.78 is 0. The van der Waals surface area contributed by atoms with E-state index in [4.69, 9.17) is 5.41 Å². The summed E-state index contributed by atoms with van der Waals surface area (Å²) in [6.45, 7) is 9.12. The smallest absolute Gasteiger partial charge is 0.127 e. The topological polar surface area (TPSA) is 27.1 Å². The van der Waals surface area contributed by atoms with E-state index in [-0.39, 0.29) is 0 Å². The molecule has 0 bridgehead atoms. The average molecular weight is 220 g/mol. The van der Waals surface area contributed by atoms with E-state index >= 15 is 0 Å². The SMILES string of the molecule is CC.CCCN(C)C(=N)c1ccc(C)cc1. The quantitative estimate of drug-likeness (QED) is 0.610. The summed E-state index contributed by atoms with van der Waals surface area (Å²) in [5.74, 6) is 0.604. The normalized spacial score (nSPS) is 9.06. The van der Waals surface area contributed by atoms with E-state index in [1.165, 1.54) is 5.56 Å². The van der Waals surface area contributed by atoms with Crippen LogP contribution in [0.1, 0.15) is 38.3 Å². The van der Waals surface area contributed by atoms with Gasteiger partial charge in [0.05, 0.1) is 0 Å². The maximum absolute atomic E-state index is 7.94. The van der Waals surface area contributed by atoms with Crippen molar-refractivity contribution in [2.45, 2.75) is 34.1 Å². The number of nitrogens with one attached hydrogen (secondary N) is 1. The number of hydrogen-bond acceptors (Lipinski definition) is 1. The summed E-state index contributed by atoms with van der Waals surface area (Å²) in [5, 5.41) is 7.94. The van der Waals surface area contributed by atoms with E-state index in [1.54, 1.807) is 0 Å². The highest BCUT2D eigenvalue weighted by atomic mass is 15.1. The predicted molar refractivity (Wildman–Crippen MR) is 72.3 cm³/mol. The van der Waals surface area contributed by atoms with Crippen molar-refractivity contribution in [2.75, 3.05) is 13.6 Å². The first-order valence-electron chi connectivity index (χ1n) is 6.02. The molecule has 1 rings (SSSR count). The Morgan fingerprint density at radius 1 is 1.19 bits per heavy atom. The molecule has 1 aromatic rings. The molecule has 0 aromatic heterocycles. The van der Waals surface area contributed by atoms with Gasteiger partial charge in [-0.15, -0.1) is 0 Å². The molecule has 2 nitrogen and oxygen atoms in total. The highest BCUT2D eigenvalue weighted by Crippen LogP contribution is 2.06. The molecule has 1 N–H and O–H groups in total. The van der Waals surface area contributed by atoms with E-state index < -0.39 is 0 Å². The zero-order valence-electron chi connectivity index (χ0n) is 11.2. The Labute approximate surface area is 99.8 Å². The van der Waals surface area contributed by atoms with E-state index in [2.05, 4.69) is 13.8 Å². The minimum absolute atomic E-state index is 0.604. The van der Waals surface area contributed by atoms with Gasteiger partial charge < -0.3 is 4.90 Å². The van der Waals surface area contributed by atoms with E-state index in [9.17, 15) is 0 Å². The lowest BCUT2D eigenvalue weighted by atomic mass is 10.1. The van der Waals surface area contributed by atoms with Crippen LogP contribution in [0.25, 0.3) is 0 Å². The minimum atomic E-state index is 0.604. The van der Waals surface area contributed by atoms with E-state index in [0.717, 1.165) is 18.5 Å². The summed E-state index contributed by atoms with van der Waals surface area (Å²) in [4.78, 5) is 1.98. The molecule has 0 aliphatic carbocycles. The van der Waals surface area contributed by atoms with Gasteiger partial charge in [0.25, 0.3) is 0 Å².